The second-order valence-electron chi connectivity index (χ2n) is 6.78. The van der Waals surface area contributed by atoms with E-state index < -0.39 is 6.10 Å². The summed E-state index contributed by atoms with van der Waals surface area (Å²) in [6, 6.07) is 6.03. The van der Waals surface area contributed by atoms with E-state index >= 15 is 0 Å². The number of urea groups is 1. The van der Waals surface area contributed by atoms with Crippen molar-refractivity contribution in [3.05, 3.63) is 35.6 Å². The standard InChI is InChI=1S/C17H27FN2O2/c1-12(8-14-6-5-7-15(18)9-14)20-16(22)19-11-17(3,4)10-13(2)21/h5-7,9,12-13,21H,8,10-11H2,1-4H3,(H2,19,20,22)/t12-,13+/m0/s1. The van der Waals surface area contributed by atoms with Gasteiger partial charge in [0.25, 0.3) is 0 Å². The summed E-state index contributed by atoms with van der Waals surface area (Å²) in [6.07, 6.45) is 0.792. The molecule has 1 aromatic rings. The molecule has 2 atom stereocenters. The van der Waals surface area contributed by atoms with Gasteiger partial charge < -0.3 is 15.7 Å². The molecule has 0 aliphatic rings. The number of benzene rings is 1. The fourth-order valence-electron chi connectivity index (χ4n) is 2.53. The number of carbonyl (C=O) groups is 1. The van der Waals surface area contributed by atoms with Crippen LogP contribution >= 0.6 is 0 Å². The summed E-state index contributed by atoms with van der Waals surface area (Å²) in [4.78, 5) is 11.9. The van der Waals surface area contributed by atoms with Gasteiger partial charge in [-0.15, -0.1) is 0 Å². The molecule has 124 valence electrons. The highest BCUT2D eigenvalue weighted by Gasteiger charge is 2.21. The zero-order valence-electron chi connectivity index (χ0n) is 13.8. The van der Waals surface area contributed by atoms with Crippen molar-refractivity contribution in [2.75, 3.05) is 6.54 Å². The summed E-state index contributed by atoms with van der Waals surface area (Å²) in [6.45, 7) is 8.09. The van der Waals surface area contributed by atoms with E-state index in [1.165, 1.54) is 12.1 Å². The van der Waals surface area contributed by atoms with Crippen molar-refractivity contribution in [2.24, 2.45) is 5.41 Å². The number of nitrogens with one attached hydrogen (secondary N) is 2. The van der Waals surface area contributed by atoms with Gasteiger partial charge in [0.05, 0.1) is 6.10 Å². The highest BCUT2D eigenvalue weighted by atomic mass is 19.1. The molecule has 0 saturated carbocycles. The molecule has 1 rings (SSSR count). The van der Waals surface area contributed by atoms with E-state index in [1.54, 1.807) is 13.0 Å². The van der Waals surface area contributed by atoms with Crippen LogP contribution in [0.2, 0.25) is 0 Å². The number of halogens is 1. The SMILES string of the molecule is C[C@@H](O)CC(C)(C)CNC(=O)N[C@@H](C)Cc1cccc(F)c1. The average Bonchev–Trinajstić information content (AvgIpc) is 2.34. The number of carbonyl (C=O) groups excluding carboxylic acids is 1. The second-order valence-corrected chi connectivity index (χ2v) is 6.78. The summed E-state index contributed by atoms with van der Waals surface area (Å²) < 4.78 is 13.1. The lowest BCUT2D eigenvalue weighted by molar-refractivity contribution is 0.128. The van der Waals surface area contributed by atoms with E-state index in [1.807, 2.05) is 26.8 Å². The molecule has 5 heteroatoms. The van der Waals surface area contributed by atoms with Gasteiger partial charge in [0.1, 0.15) is 5.82 Å². The fraction of sp³-hybridized carbons (Fsp3) is 0.588. The van der Waals surface area contributed by atoms with Crippen molar-refractivity contribution in [2.45, 2.75) is 52.7 Å². The number of hydrogen-bond acceptors (Lipinski definition) is 2. The van der Waals surface area contributed by atoms with Crippen LogP contribution in [0.25, 0.3) is 0 Å². The van der Waals surface area contributed by atoms with Gasteiger partial charge in [0.2, 0.25) is 0 Å². The largest absolute Gasteiger partial charge is 0.393 e. The Bertz CT molecular complexity index is 489. The smallest absolute Gasteiger partial charge is 0.315 e. The van der Waals surface area contributed by atoms with Crippen LogP contribution in [0.1, 0.15) is 39.7 Å². The lowest BCUT2D eigenvalue weighted by Gasteiger charge is -2.26. The zero-order valence-corrected chi connectivity index (χ0v) is 13.8. The predicted octanol–water partition coefficient (Wildman–Crippen LogP) is 2.85. The molecule has 0 aliphatic heterocycles. The maximum absolute atomic E-state index is 13.1. The predicted molar refractivity (Wildman–Crippen MR) is 86.2 cm³/mol. The maximum atomic E-state index is 13.1. The molecule has 0 fully saturated rings. The first-order valence-electron chi connectivity index (χ1n) is 7.65. The molecule has 2 amide bonds. The molecular weight excluding hydrogens is 283 g/mol. The lowest BCUT2D eigenvalue weighted by Crippen LogP contribution is -2.45. The first kappa shape index (κ1) is 18.4. The Hall–Kier alpha value is -1.62. The summed E-state index contributed by atoms with van der Waals surface area (Å²) in [5.41, 5.74) is 0.680. The van der Waals surface area contributed by atoms with Gasteiger partial charge in [-0.25, -0.2) is 9.18 Å². The highest BCUT2D eigenvalue weighted by Crippen LogP contribution is 2.20. The van der Waals surface area contributed by atoms with E-state index in [0.717, 1.165) is 5.56 Å². The Morgan fingerprint density at radius 3 is 2.64 bits per heavy atom. The number of rotatable bonds is 7. The minimum absolute atomic E-state index is 0.0957. The third-order valence-corrected chi connectivity index (χ3v) is 3.38. The van der Waals surface area contributed by atoms with Gasteiger partial charge in [-0.1, -0.05) is 26.0 Å². The van der Waals surface area contributed by atoms with E-state index in [2.05, 4.69) is 10.6 Å². The minimum Gasteiger partial charge on any atom is -0.393 e. The second kappa shape index (κ2) is 8.13. The molecular formula is C17H27FN2O2. The summed E-state index contributed by atoms with van der Waals surface area (Å²) in [7, 11) is 0. The van der Waals surface area contributed by atoms with Crippen molar-refractivity contribution in [1.29, 1.82) is 0 Å². The number of amides is 2. The van der Waals surface area contributed by atoms with Crippen LogP contribution in [0.3, 0.4) is 0 Å². The van der Waals surface area contributed by atoms with Crippen molar-refractivity contribution in [3.8, 4) is 0 Å². The van der Waals surface area contributed by atoms with Crippen molar-refractivity contribution < 1.29 is 14.3 Å². The Balaban J connectivity index is 2.38. The summed E-state index contributed by atoms with van der Waals surface area (Å²) in [5, 5.41) is 15.1. The van der Waals surface area contributed by atoms with E-state index in [0.29, 0.717) is 19.4 Å². The van der Waals surface area contributed by atoms with Gasteiger partial charge in [0.15, 0.2) is 0 Å². The molecule has 4 nitrogen and oxygen atoms in total. The van der Waals surface area contributed by atoms with Gasteiger partial charge in [-0.2, -0.15) is 0 Å². The van der Waals surface area contributed by atoms with Crippen LogP contribution in [0.4, 0.5) is 9.18 Å². The fourth-order valence-corrected chi connectivity index (χ4v) is 2.53. The highest BCUT2D eigenvalue weighted by molar-refractivity contribution is 5.74. The Morgan fingerprint density at radius 2 is 2.05 bits per heavy atom. The topological polar surface area (TPSA) is 61.4 Å². The summed E-state index contributed by atoms with van der Waals surface area (Å²) in [5.74, 6) is -0.269. The van der Waals surface area contributed by atoms with Gasteiger partial charge in [0, 0.05) is 12.6 Å². The zero-order chi connectivity index (χ0) is 16.8. The van der Waals surface area contributed by atoms with E-state index in [4.69, 9.17) is 0 Å². The van der Waals surface area contributed by atoms with E-state index in [-0.39, 0.29) is 23.3 Å². The van der Waals surface area contributed by atoms with Crippen LogP contribution in [0.5, 0.6) is 0 Å². The number of hydrogen-bond donors (Lipinski definition) is 3. The Labute approximate surface area is 132 Å². The average molecular weight is 310 g/mol. The molecule has 0 radical (unpaired) electrons. The van der Waals surface area contributed by atoms with Crippen LogP contribution in [-0.2, 0) is 6.42 Å². The number of aliphatic hydroxyl groups is 1. The van der Waals surface area contributed by atoms with Gasteiger partial charge >= 0.3 is 6.03 Å². The minimum atomic E-state index is -0.397. The van der Waals surface area contributed by atoms with Crippen LogP contribution < -0.4 is 10.6 Å². The molecule has 0 heterocycles. The van der Waals surface area contributed by atoms with Crippen molar-refractivity contribution in [1.82, 2.24) is 10.6 Å². The van der Waals surface area contributed by atoms with E-state index in [9.17, 15) is 14.3 Å². The molecule has 3 N–H and O–H groups in total. The van der Waals surface area contributed by atoms with Crippen LogP contribution in [0, 0.1) is 11.2 Å². The maximum Gasteiger partial charge on any atom is 0.315 e. The summed E-state index contributed by atoms with van der Waals surface area (Å²) >= 11 is 0. The molecule has 0 bridgehead atoms. The molecule has 22 heavy (non-hydrogen) atoms. The first-order chi connectivity index (χ1) is 10.2. The molecule has 0 aromatic heterocycles. The molecule has 0 aliphatic carbocycles. The van der Waals surface area contributed by atoms with Crippen molar-refractivity contribution in [3.63, 3.8) is 0 Å². The third-order valence-electron chi connectivity index (χ3n) is 3.38. The third kappa shape index (κ3) is 7.41. The number of aliphatic hydroxyl groups excluding tert-OH is 1. The molecule has 1 aromatic carbocycles. The molecule has 0 saturated heterocycles. The normalized spacial score (nSPS) is 14.3. The van der Waals surface area contributed by atoms with Gasteiger partial charge in [-0.05, 0) is 49.8 Å². The van der Waals surface area contributed by atoms with Crippen LogP contribution in [-0.4, -0.2) is 29.8 Å². The van der Waals surface area contributed by atoms with Crippen molar-refractivity contribution >= 4 is 6.03 Å². The quantitative estimate of drug-likeness (QED) is 0.725. The lowest BCUT2D eigenvalue weighted by atomic mass is 9.87. The van der Waals surface area contributed by atoms with Crippen LogP contribution in [0.15, 0.2) is 24.3 Å². The Morgan fingerprint density at radius 1 is 1.36 bits per heavy atom. The Kier molecular flexibility index (Phi) is 6.81. The first-order valence-corrected chi connectivity index (χ1v) is 7.65. The van der Waals surface area contributed by atoms with Gasteiger partial charge in [-0.3, -0.25) is 0 Å². The molecule has 0 spiro atoms. The molecule has 0 unspecified atom stereocenters. The monoisotopic (exact) mass is 310 g/mol.